The monoisotopic (exact) mass is 328 g/mol. The molecule has 1 aromatic heterocycles. The van der Waals surface area contributed by atoms with Gasteiger partial charge in [-0.15, -0.1) is 0 Å². The highest BCUT2D eigenvalue weighted by atomic mass is 15.2. The molecule has 1 atom stereocenters. The molecule has 0 aliphatic carbocycles. The van der Waals surface area contributed by atoms with Crippen LogP contribution in [0.5, 0.6) is 0 Å². The molecule has 2 heteroatoms. The quantitative estimate of drug-likeness (QED) is 0.545. The van der Waals surface area contributed by atoms with Crippen molar-refractivity contribution in [3.05, 3.63) is 70.4 Å². The van der Waals surface area contributed by atoms with Crippen LogP contribution < -0.4 is 0 Å². The number of rotatable bonds is 0. The lowest BCUT2D eigenvalue weighted by atomic mass is 9.98. The van der Waals surface area contributed by atoms with Crippen molar-refractivity contribution in [2.24, 2.45) is 0 Å². The SMILES string of the molecule is Cc1ccc(C#Cn2c3c(c4cc(C)ccc42)CCN(C)C3C)cc1. The van der Waals surface area contributed by atoms with E-state index in [1.54, 1.807) is 0 Å². The van der Waals surface area contributed by atoms with E-state index in [9.17, 15) is 0 Å². The molecule has 3 aromatic rings. The average Bonchev–Trinajstić information content (AvgIpc) is 2.91. The van der Waals surface area contributed by atoms with E-state index in [4.69, 9.17) is 0 Å². The summed E-state index contributed by atoms with van der Waals surface area (Å²) in [5.41, 5.74) is 7.70. The van der Waals surface area contributed by atoms with Crippen LogP contribution in [0.1, 0.15) is 40.9 Å². The third-order valence-electron chi connectivity index (χ3n) is 5.40. The molecular formula is C23H24N2. The lowest BCUT2D eigenvalue weighted by molar-refractivity contribution is 0.242. The molecule has 0 fully saturated rings. The Kier molecular flexibility index (Phi) is 3.90. The number of nitrogens with zero attached hydrogens (tertiary/aromatic N) is 2. The molecule has 0 saturated carbocycles. The van der Waals surface area contributed by atoms with Gasteiger partial charge in [0.1, 0.15) is 0 Å². The van der Waals surface area contributed by atoms with Gasteiger partial charge in [0, 0.05) is 29.6 Å². The molecule has 2 nitrogen and oxygen atoms in total. The average molecular weight is 328 g/mol. The fourth-order valence-electron chi connectivity index (χ4n) is 3.76. The molecule has 1 aliphatic heterocycles. The van der Waals surface area contributed by atoms with E-state index in [-0.39, 0.29) is 0 Å². The number of likely N-dealkylation sites (N-methyl/N-ethyl adjacent to an activating group) is 1. The zero-order valence-corrected chi connectivity index (χ0v) is 15.4. The van der Waals surface area contributed by atoms with E-state index in [1.165, 1.54) is 33.3 Å². The molecule has 0 saturated heterocycles. The van der Waals surface area contributed by atoms with E-state index < -0.39 is 0 Å². The first-order chi connectivity index (χ1) is 12.0. The van der Waals surface area contributed by atoms with Crippen molar-refractivity contribution < 1.29 is 0 Å². The smallest absolute Gasteiger partial charge is 0.0618 e. The minimum absolute atomic E-state index is 0.378. The number of fused-ring (bicyclic) bond motifs is 3. The van der Waals surface area contributed by atoms with Crippen molar-refractivity contribution in [3.8, 4) is 12.0 Å². The van der Waals surface area contributed by atoms with Crippen molar-refractivity contribution in [3.63, 3.8) is 0 Å². The summed E-state index contributed by atoms with van der Waals surface area (Å²) in [6, 6.07) is 19.0. The number of benzene rings is 2. The van der Waals surface area contributed by atoms with E-state index in [0.29, 0.717) is 6.04 Å². The van der Waals surface area contributed by atoms with Crippen LogP contribution in [0, 0.1) is 25.8 Å². The second-order valence-electron chi connectivity index (χ2n) is 7.23. The Labute approximate surface area is 150 Å². The van der Waals surface area contributed by atoms with Gasteiger partial charge >= 0.3 is 0 Å². The second-order valence-corrected chi connectivity index (χ2v) is 7.23. The topological polar surface area (TPSA) is 8.17 Å². The third-order valence-corrected chi connectivity index (χ3v) is 5.40. The highest BCUT2D eigenvalue weighted by Gasteiger charge is 2.27. The van der Waals surface area contributed by atoms with E-state index in [0.717, 1.165) is 18.5 Å². The van der Waals surface area contributed by atoms with E-state index in [1.807, 2.05) is 0 Å². The Balaban J connectivity index is 1.92. The molecule has 0 bridgehead atoms. The Morgan fingerprint density at radius 2 is 1.72 bits per heavy atom. The molecule has 4 rings (SSSR count). The van der Waals surface area contributed by atoms with E-state index in [2.05, 4.69) is 91.7 Å². The van der Waals surface area contributed by atoms with Crippen LogP contribution in [-0.2, 0) is 6.42 Å². The van der Waals surface area contributed by atoms with Crippen molar-refractivity contribution in [1.82, 2.24) is 9.47 Å². The predicted octanol–water partition coefficient (Wildman–Crippen LogP) is 4.66. The molecule has 2 aromatic carbocycles. The Bertz CT molecular complexity index is 996. The summed E-state index contributed by atoms with van der Waals surface area (Å²) in [6.07, 6.45) is 1.09. The van der Waals surface area contributed by atoms with Gasteiger partial charge in [-0.25, -0.2) is 0 Å². The standard InChI is InChI=1S/C23H24N2/c1-16-5-8-19(9-6-16)11-14-25-22-10-7-17(2)15-21(22)20-12-13-24(4)18(3)23(20)25/h5-10,15,18H,12-13H2,1-4H3. The van der Waals surface area contributed by atoms with Gasteiger partial charge in [0.05, 0.1) is 11.2 Å². The fraction of sp³-hybridized carbons (Fsp3) is 0.304. The molecule has 0 spiro atoms. The first kappa shape index (κ1) is 16.0. The predicted molar refractivity (Wildman–Crippen MR) is 105 cm³/mol. The zero-order valence-electron chi connectivity index (χ0n) is 15.4. The molecule has 1 unspecified atom stereocenters. The summed E-state index contributed by atoms with van der Waals surface area (Å²) < 4.78 is 2.23. The van der Waals surface area contributed by atoms with Gasteiger partial charge in [0.2, 0.25) is 0 Å². The highest BCUT2D eigenvalue weighted by molar-refractivity contribution is 5.87. The van der Waals surface area contributed by atoms with Crippen LogP contribution in [0.15, 0.2) is 42.5 Å². The summed E-state index contributed by atoms with van der Waals surface area (Å²) in [6.45, 7) is 7.66. The first-order valence-electron chi connectivity index (χ1n) is 8.97. The highest BCUT2D eigenvalue weighted by Crippen LogP contribution is 2.36. The summed E-state index contributed by atoms with van der Waals surface area (Å²) in [7, 11) is 2.20. The first-order valence-corrected chi connectivity index (χ1v) is 8.97. The minimum Gasteiger partial charge on any atom is -0.298 e. The number of hydrogen-bond acceptors (Lipinski definition) is 1. The Morgan fingerprint density at radius 3 is 2.48 bits per heavy atom. The molecular weight excluding hydrogens is 304 g/mol. The number of aryl methyl sites for hydroxylation is 2. The van der Waals surface area contributed by atoms with Crippen molar-refractivity contribution >= 4 is 10.9 Å². The summed E-state index contributed by atoms with van der Waals surface area (Å²) in [5.74, 6) is 3.36. The molecule has 2 heterocycles. The van der Waals surface area contributed by atoms with Crippen LogP contribution in [0.2, 0.25) is 0 Å². The molecule has 1 aliphatic rings. The lowest BCUT2D eigenvalue weighted by Gasteiger charge is -2.30. The van der Waals surface area contributed by atoms with Crippen LogP contribution in [0.3, 0.4) is 0 Å². The maximum atomic E-state index is 3.44. The van der Waals surface area contributed by atoms with Gasteiger partial charge < -0.3 is 0 Å². The van der Waals surface area contributed by atoms with Gasteiger partial charge in [-0.2, -0.15) is 0 Å². The minimum atomic E-state index is 0.378. The maximum Gasteiger partial charge on any atom is 0.0618 e. The maximum absolute atomic E-state index is 3.44. The van der Waals surface area contributed by atoms with Crippen LogP contribution >= 0.6 is 0 Å². The Hall–Kier alpha value is -2.50. The van der Waals surface area contributed by atoms with Gasteiger partial charge in [-0.05, 0) is 70.0 Å². The van der Waals surface area contributed by atoms with Gasteiger partial charge in [0.25, 0.3) is 0 Å². The van der Waals surface area contributed by atoms with Gasteiger partial charge in [0.15, 0.2) is 0 Å². The van der Waals surface area contributed by atoms with E-state index >= 15 is 0 Å². The number of aromatic nitrogens is 1. The van der Waals surface area contributed by atoms with Gasteiger partial charge in [-0.3, -0.25) is 9.47 Å². The molecule has 0 radical (unpaired) electrons. The fourth-order valence-corrected chi connectivity index (χ4v) is 3.76. The second kappa shape index (κ2) is 6.10. The Morgan fingerprint density at radius 1 is 1.00 bits per heavy atom. The normalized spacial score (nSPS) is 17.2. The molecule has 0 N–H and O–H groups in total. The van der Waals surface area contributed by atoms with Crippen molar-refractivity contribution in [1.29, 1.82) is 0 Å². The zero-order chi connectivity index (χ0) is 17.6. The van der Waals surface area contributed by atoms with Gasteiger partial charge in [-0.1, -0.05) is 29.3 Å². The van der Waals surface area contributed by atoms with Crippen molar-refractivity contribution in [2.45, 2.75) is 33.2 Å². The molecule has 126 valence electrons. The molecule has 25 heavy (non-hydrogen) atoms. The summed E-state index contributed by atoms with van der Waals surface area (Å²) in [4.78, 5) is 2.41. The summed E-state index contributed by atoms with van der Waals surface area (Å²) >= 11 is 0. The lowest BCUT2D eigenvalue weighted by Crippen LogP contribution is -2.31. The molecule has 0 amide bonds. The van der Waals surface area contributed by atoms with Crippen LogP contribution in [-0.4, -0.2) is 23.1 Å². The van der Waals surface area contributed by atoms with Crippen molar-refractivity contribution in [2.75, 3.05) is 13.6 Å². The van der Waals surface area contributed by atoms with Crippen LogP contribution in [0.4, 0.5) is 0 Å². The summed E-state index contributed by atoms with van der Waals surface area (Å²) in [5, 5.41) is 1.37. The third kappa shape index (κ3) is 2.75. The van der Waals surface area contributed by atoms with Crippen LogP contribution in [0.25, 0.3) is 10.9 Å². The number of hydrogen-bond donors (Lipinski definition) is 0. The largest absolute Gasteiger partial charge is 0.298 e.